The third-order valence-corrected chi connectivity index (χ3v) is 9.84. The SMILES string of the molecule is Cc1c(C2CCN(C3CC(C4CCNCC4)C3)CC2)ccc2c1C(=O)N(C1CCC(=O)NC1=O)C2=O.O=C(O)C(F)(F)F. The molecule has 6 rings (SSSR count). The smallest absolute Gasteiger partial charge is 0.475 e. The monoisotopic (exact) mass is 606 g/mol. The van der Waals surface area contributed by atoms with Crippen LogP contribution in [0.5, 0.6) is 0 Å². The Morgan fingerprint density at radius 2 is 1.56 bits per heavy atom. The van der Waals surface area contributed by atoms with E-state index in [1.165, 1.54) is 38.8 Å². The number of benzene rings is 1. The van der Waals surface area contributed by atoms with E-state index in [0.29, 0.717) is 17.0 Å². The highest BCUT2D eigenvalue weighted by atomic mass is 19.4. The topological polar surface area (TPSA) is 136 Å². The molecule has 10 nitrogen and oxygen atoms in total. The number of carboxylic acids is 1. The number of nitrogens with one attached hydrogen (secondary N) is 2. The Hall–Kier alpha value is -3.32. The predicted molar refractivity (Wildman–Crippen MR) is 147 cm³/mol. The summed E-state index contributed by atoms with van der Waals surface area (Å²) in [5.41, 5.74) is 2.84. The predicted octanol–water partition coefficient (Wildman–Crippen LogP) is 2.99. The van der Waals surface area contributed by atoms with Crippen LogP contribution in [0.4, 0.5) is 13.2 Å². The number of halogens is 3. The first-order chi connectivity index (χ1) is 20.4. The van der Waals surface area contributed by atoms with E-state index in [-0.39, 0.29) is 18.7 Å². The number of amides is 4. The van der Waals surface area contributed by atoms with Crippen molar-refractivity contribution in [1.29, 1.82) is 0 Å². The van der Waals surface area contributed by atoms with Gasteiger partial charge in [-0.25, -0.2) is 4.79 Å². The van der Waals surface area contributed by atoms with Crippen LogP contribution >= 0.6 is 0 Å². The van der Waals surface area contributed by atoms with Crippen LogP contribution in [0.1, 0.15) is 89.1 Å². The molecule has 4 heterocycles. The number of imide groups is 2. The number of rotatable bonds is 4. The van der Waals surface area contributed by atoms with E-state index in [0.717, 1.165) is 59.8 Å². The van der Waals surface area contributed by atoms with E-state index >= 15 is 0 Å². The number of carbonyl (C=O) groups is 5. The molecular formula is C30H37F3N4O6. The van der Waals surface area contributed by atoms with Crippen LogP contribution in [0.2, 0.25) is 0 Å². The third kappa shape index (κ3) is 6.33. The van der Waals surface area contributed by atoms with E-state index in [1.54, 1.807) is 6.07 Å². The number of nitrogens with zero attached hydrogens (tertiary/aromatic N) is 2. The van der Waals surface area contributed by atoms with E-state index in [2.05, 4.69) is 15.5 Å². The van der Waals surface area contributed by atoms with Gasteiger partial charge >= 0.3 is 12.1 Å². The molecule has 0 bridgehead atoms. The van der Waals surface area contributed by atoms with Gasteiger partial charge in [-0.2, -0.15) is 13.2 Å². The number of piperidine rings is 3. The molecule has 4 aliphatic heterocycles. The van der Waals surface area contributed by atoms with Gasteiger partial charge in [0.15, 0.2) is 0 Å². The Morgan fingerprint density at radius 3 is 2.14 bits per heavy atom. The molecular weight excluding hydrogens is 569 g/mol. The standard InChI is InChI=1S/C28H36N4O4.C2HF3O2/c1-16-21(18-8-12-31(13-9-18)20-14-19(15-20)17-6-10-29-11-7-17)2-3-22-25(16)28(36)32(27(22)35)23-4-5-24(33)30-26(23)34;3-2(4,5)1(6)7/h2-3,17-20,23,29H,4-15H2,1H3,(H,30,33,34);(H,6,7). The maximum atomic E-state index is 13.4. The highest BCUT2D eigenvalue weighted by Gasteiger charge is 2.46. The molecule has 1 aliphatic carbocycles. The molecule has 0 radical (unpaired) electrons. The van der Waals surface area contributed by atoms with Crippen molar-refractivity contribution in [3.63, 3.8) is 0 Å². The van der Waals surface area contributed by atoms with Crippen LogP contribution in [0, 0.1) is 18.8 Å². The fourth-order valence-corrected chi connectivity index (χ4v) is 7.38. The van der Waals surface area contributed by atoms with Gasteiger partial charge in [0.05, 0.1) is 11.1 Å². The summed E-state index contributed by atoms with van der Waals surface area (Å²) in [6, 6.07) is 3.60. The lowest BCUT2D eigenvalue weighted by molar-refractivity contribution is -0.192. The van der Waals surface area contributed by atoms with Crippen LogP contribution in [0.15, 0.2) is 12.1 Å². The largest absolute Gasteiger partial charge is 0.490 e. The van der Waals surface area contributed by atoms with Crippen molar-refractivity contribution < 1.29 is 42.3 Å². The summed E-state index contributed by atoms with van der Waals surface area (Å²) in [6.07, 6.45) is 2.71. The summed E-state index contributed by atoms with van der Waals surface area (Å²) in [7, 11) is 0. The van der Waals surface area contributed by atoms with Crippen LogP contribution < -0.4 is 10.6 Å². The number of fused-ring (bicyclic) bond motifs is 1. The average molecular weight is 607 g/mol. The summed E-state index contributed by atoms with van der Waals surface area (Å²) in [5.74, 6) is -2.32. The summed E-state index contributed by atoms with van der Waals surface area (Å²) in [6.45, 7) is 6.46. The van der Waals surface area contributed by atoms with Crippen molar-refractivity contribution >= 4 is 29.6 Å². The normalized spacial score (nSPS) is 27.3. The second-order valence-electron chi connectivity index (χ2n) is 12.2. The van der Waals surface area contributed by atoms with Gasteiger partial charge in [-0.15, -0.1) is 0 Å². The second-order valence-corrected chi connectivity index (χ2v) is 12.2. The number of alkyl halides is 3. The second kappa shape index (κ2) is 12.4. The number of carbonyl (C=O) groups excluding carboxylic acids is 4. The molecule has 43 heavy (non-hydrogen) atoms. The Morgan fingerprint density at radius 1 is 0.930 bits per heavy atom. The molecule has 3 N–H and O–H groups in total. The molecule has 1 aromatic rings. The highest BCUT2D eigenvalue weighted by molar-refractivity contribution is 6.24. The van der Waals surface area contributed by atoms with Gasteiger partial charge in [0.1, 0.15) is 6.04 Å². The third-order valence-electron chi connectivity index (χ3n) is 9.84. The number of hydrogen-bond donors (Lipinski definition) is 3. The van der Waals surface area contributed by atoms with Crippen LogP contribution in [0.25, 0.3) is 0 Å². The molecule has 3 saturated heterocycles. The molecule has 0 spiro atoms. The number of carboxylic acid groups (broad SMARTS) is 1. The highest BCUT2D eigenvalue weighted by Crippen LogP contribution is 2.43. The van der Waals surface area contributed by atoms with Crippen LogP contribution in [0.3, 0.4) is 0 Å². The molecule has 1 saturated carbocycles. The lowest BCUT2D eigenvalue weighted by Gasteiger charge is -2.49. The Kier molecular flexibility index (Phi) is 8.94. The Bertz CT molecular complexity index is 1300. The first-order valence-electron chi connectivity index (χ1n) is 15.0. The maximum absolute atomic E-state index is 13.4. The van der Waals surface area contributed by atoms with Gasteiger partial charge in [0.2, 0.25) is 11.8 Å². The molecule has 5 aliphatic rings. The molecule has 1 aromatic carbocycles. The average Bonchev–Trinajstić information content (AvgIpc) is 3.19. The first-order valence-corrected chi connectivity index (χ1v) is 15.0. The van der Waals surface area contributed by atoms with Gasteiger partial charge in [-0.1, -0.05) is 6.07 Å². The van der Waals surface area contributed by atoms with Crippen molar-refractivity contribution in [2.75, 3.05) is 26.2 Å². The minimum atomic E-state index is -5.08. The molecule has 4 fully saturated rings. The van der Waals surface area contributed by atoms with Crippen LogP contribution in [-0.4, -0.2) is 88.9 Å². The van der Waals surface area contributed by atoms with Crippen molar-refractivity contribution in [2.24, 2.45) is 11.8 Å². The quantitative estimate of drug-likeness (QED) is 0.446. The number of aliphatic carboxylic acids is 1. The molecule has 1 atom stereocenters. The molecule has 0 aromatic heterocycles. The van der Waals surface area contributed by atoms with E-state index in [1.807, 2.05) is 13.0 Å². The zero-order valence-corrected chi connectivity index (χ0v) is 24.0. The first kappa shape index (κ1) is 31.1. The van der Waals surface area contributed by atoms with E-state index in [9.17, 15) is 32.3 Å². The Labute approximate surface area is 247 Å². The lowest BCUT2D eigenvalue weighted by Crippen LogP contribution is -2.54. The zero-order chi connectivity index (χ0) is 31.1. The summed E-state index contributed by atoms with van der Waals surface area (Å²) in [4.78, 5) is 63.0. The van der Waals surface area contributed by atoms with Gasteiger partial charge in [0, 0.05) is 12.5 Å². The lowest BCUT2D eigenvalue weighted by atomic mass is 9.68. The van der Waals surface area contributed by atoms with Crippen molar-refractivity contribution in [1.82, 2.24) is 20.4 Å². The van der Waals surface area contributed by atoms with E-state index in [4.69, 9.17) is 9.90 Å². The van der Waals surface area contributed by atoms with E-state index < -0.39 is 35.9 Å². The summed E-state index contributed by atoms with van der Waals surface area (Å²) >= 11 is 0. The van der Waals surface area contributed by atoms with Gasteiger partial charge in [-0.05, 0) is 113 Å². The molecule has 234 valence electrons. The number of hydrogen-bond acceptors (Lipinski definition) is 7. The minimum absolute atomic E-state index is 0.131. The van der Waals surface area contributed by atoms with Crippen molar-refractivity contribution in [2.45, 2.75) is 82.5 Å². The summed E-state index contributed by atoms with van der Waals surface area (Å²) in [5, 5.41) is 12.9. The van der Waals surface area contributed by atoms with Crippen molar-refractivity contribution in [3.8, 4) is 0 Å². The summed E-state index contributed by atoms with van der Waals surface area (Å²) < 4.78 is 31.7. The zero-order valence-electron chi connectivity index (χ0n) is 24.0. The van der Waals surface area contributed by atoms with Gasteiger partial charge in [0.25, 0.3) is 11.8 Å². The fourth-order valence-electron chi connectivity index (χ4n) is 7.38. The Balaban J connectivity index is 0.000000472. The molecule has 4 amide bonds. The minimum Gasteiger partial charge on any atom is -0.475 e. The van der Waals surface area contributed by atoms with Gasteiger partial charge in [-0.3, -0.25) is 29.4 Å². The molecule has 13 heteroatoms. The number of likely N-dealkylation sites (tertiary alicyclic amines) is 1. The molecule has 1 unspecified atom stereocenters. The fraction of sp³-hybridized carbons (Fsp3) is 0.633. The van der Waals surface area contributed by atoms with Crippen molar-refractivity contribution in [3.05, 3.63) is 34.4 Å². The van der Waals surface area contributed by atoms with Gasteiger partial charge < -0.3 is 15.3 Å². The maximum Gasteiger partial charge on any atom is 0.490 e. The van der Waals surface area contributed by atoms with Crippen LogP contribution in [-0.2, 0) is 14.4 Å².